The van der Waals surface area contributed by atoms with Gasteiger partial charge < -0.3 is 16.0 Å². The Hall–Kier alpha value is -1.26. The monoisotopic (exact) mass is 242 g/mol. The molecule has 0 heterocycles. The zero-order chi connectivity index (χ0) is 13.3. The smallest absolute Gasteiger partial charge is 0.222 e. The van der Waals surface area contributed by atoms with Crippen molar-refractivity contribution in [2.24, 2.45) is 10.7 Å². The number of guanidine groups is 1. The molecule has 3 N–H and O–H groups in total. The third kappa shape index (κ3) is 6.81. The maximum absolute atomic E-state index is 11.5. The number of carbonyl (C=O) groups is 1. The van der Waals surface area contributed by atoms with Crippen molar-refractivity contribution in [2.75, 3.05) is 19.6 Å². The van der Waals surface area contributed by atoms with Crippen LogP contribution in [0.1, 0.15) is 40.5 Å². The average molecular weight is 242 g/mol. The van der Waals surface area contributed by atoms with Crippen molar-refractivity contribution in [3.63, 3.8) is 0 Å². The van der Waals surface area contributed by atoms with E-state index in [0.29, 0.717) is 18.9 Å². The number of nitrogens with one attached hydrogen (secondary N) is 1. The number of rotatable bonds is 7. The predicted octanol–water partition coefficient (Wildman–Crippen LogP) is 0.948. The first-order chi connectivity index (χ1) is 8.04. The molecule has 0 aliphatic heterocycles. The second-order valence-electron chi connectivity index (χ2n) is 4.04. The molecule has 0 rings (SSSR count). The second-order valence-corrected chi connectivity index (χ2v) is 4.04. The maximum Gasteiger partial charge on any atom is 0.222 e. The van der Waals surface area contributed by atoms with Gasteiger partial charge in [-0.2, -0.15) is 0 Å². The molecule has 0 saturated heterocycles. The Morgan fingerprint density at radius 3 is 2.41 bits per heavy atom. The highest BCUT2D eigenvalue weighted by molar-refractivity contribution is 5.79. The van der Waals surface area contributed by atoms with Crippen molar-refractivity contribution in [3.05, 3.63) is 0 Å². The first kappa shape index (κ1) is 15.7. The van der Waals surface area contributed by atoms with Crippen molar-refractivity contribution in [2.45, 2.75) is 46.6 Å². The Morgan fingerprint density at radius 1 is 1.35 bits per heavy atom. The average Bonchev–Trinajstić information content (AvgIpc) is 2.30. The SMILES string of the molecule is CCC(C)NC(=O)CCN=C(N)N(CC)CC. The van der Waals surface area contributed by atoms with Gasteiger partial charge in [0.05, 0.1) is 6.54 Å². The van der Waals surface area contributed by atoms with Gasteiger partial charge in [-0.3, -0.25) is 9.79 Å². The molecule has 0 radical (unpaired) electrons. The number of aliphatic imine (C=N–C) groups is 1. The van der Waals surface area contributed by atoms with Crippen LogP contribution in [-0.2, 0) is 4.79 Å². The lowest BCUT2D eigenvalue weighted by atomic mass is 10.2. The molecule has 0 aromatic rings. The summed E-state index contributed by atoms with van der Waals surface area (Å²) in [5.74, 6) is 0.557. The number of amides is 1. The van der Waals surface area contributed by atoms with E-state index in [-0.39, 0.29) is 11.9 Å². The molecule has 0 fully saturated rings. The molecule has 0 aromatic heterocycles. The molecule has 5 heteroatoms. The molecule has 1 amide bonds. The Labute approximate surface area is 104 Å². The molecule has 5 nitrogen and oxygen atoms in total. The fourth-order valence-electron chi connectivity index (χ4n) is 1.37. The Morgan fingerprint density at radius 2 is 1.94 bits per heavy atom. The minimum absolute atomic E-state index is 0.0375. The summed E-state index contributed by atoms with van der Waals surface area (Å²) in [7, 11) is 0. The highest BCUT2D eigenvalue weighted by Gasteiger charge is 2.05. The van der Waals surface area contributed by atoms with Crippen LogP contribution in [0.4, 0.5) is 0 Å². The van der Waals surface area contributed by atoms with Crippen molar-refractivity contribution in [1.29, 1.82) is 0 Å². The van der Waals surface area contributed by atoms with Crippen molar-refractivity contribution < 1.29 is 4.79 Å². The zero-order valence-corrected chi connectivity index (χ0v) is 11.5. The van der Waals surface area contributed by atoms with Crippen LogP contribution >= 0.6 is 0 Å². The van der Waals surface area contributed by atoms with Gasteiger partial charge in [-0.05, 0) is 27.2 Å². The number of nitrogens with zero attached hydrogens (tertiary/aromatic N) is 2. The number of hydrogen-bond donors (Lipinski definition) is 2. The van der Waals surface area contributed by atoms with Crippen LogP contribution in [0.5, 0.6) is 0 Å². The molecule has 0 bridgehead atoms. The molecular formula is C12H26N4O. The third-order valence-corrected chi connectivity index (χ3v) is 2.72. The van der Waals surface area contributed by atoms with Gasteiger partial charge in [0, 0.05) is 25.6 Å². The van der Waals surface area contributed by atoms with Crippen molar-refractivity contribution in [1.82, 2.24) is 10.2 Å². The molecular weight excluding hydrogens is 216 g/mol. The number of nitrogens with two attached hydrogens (primary N) is 1. The predicted molar refractivity (Wildman–Crippen MR) is 71.9 cm³/mol. The van der Waals surface area contributed by atoms with Gasteiger partial charge in [0.1, 0.15) is 0 Å². The van der Waals surface area contributed by atoms with Gasteiger partial charge in [-0.1, -0.05) is 6.92 Å². The molecule has 100 valence electrons. The minimum atomic E-state index is 0.0375. The molecule has 0 saturated carbocycles. The highest BCUT2D eigenvalue weighted by atomic mass is 16.1. The summed E-state index contributed by atoms with van der Waals surface area (Å²) in [5.41, 5.74) is 5.80. The lowest BCUT2D eigenvalue weighted by molar-refractivity contribution is -0.121. The largest absolute Gasteiger partial charge is 0.370 e. The van der Waals surface area contributed by atoms with Crippen LogP contribution in [-0.4, -0.2) is 42.4 Å². The zero-order valence-electron chi connectivity index (χ0n) is 11.5. The second kappa shape index (κ2) is 8.84. The highest BCUT2D eigenvalue weighted by Crippen LogP contribution is 1.92. The standard InChI is InChI=1S/C12H26N4O/c1-5-10(4)15-11(17)8-9-14-12(13)16(6-2)7-3/h10H,5-9H2,1-4H3,(H2,13,14)(H,15,17). The minimum Gasteiger partial charge on any atom is -0.370 e. The summed E-state index contributed by atoms with van der Waals surface area (Å²) < 4.78 is 0. The Balaban J connectivity index is 3.96. The van der Waals surface area contributed by atoms with E-state index in [1.165, 1.54) is 0 Å². The van der Waals surface area contributed by atoms with Crippen LogP contribution < -0.4 is 11.1 Å². The van der Waals surface area contributed by atoms with E-state index in [4.69, 9.17) is 5.73 Å². The van der Waals surface area contributed by atoms with Gasteiger partial charge in [-0.25, -0.2) is 0 Å². The van der Waals surface area contributed by atoms with Crippen molar-refractivity contribution in [3.8, 4) is 0 Å². The van der Waals surface area contributed by atoms with Gasteiger partial charge in [0.15, 0.2) is 5.96 Å². The number of hydrogen-bond acceptors (Lipinski definition) is 2. The summed E-state index contributed by atoms with van der Waals surface area (Å²) in [6, 6.07) is 0.228. The summed E-state index contributed by atoms with van der Waals surface area (Å²) in [4.78, 5) is 17.6. The van der Waals surface area contributed by atoms with Gasteiger partial charge >= 0.3 is 0 Å². The first-order valence-corrected chi connectivity index (χ1v) is 6.39. The molecule has 0 aliphatic carbocycles. The van der Waals surface area contributed by atoms with E-state index >= 15 is 0 Å². The summed E-state index contributed by atoms with van der Waals surface area (Å²) in [6.45, 7) is 10.2. The van der Waals surface area contributed by atoms with Crippen LogP contribution in [0.25, 0.3) is 0 Å². The van der Waals surface area contributed by atoms with Gasteiger partial charge in [0.2, 0.25) is 5.91 Å². The van der Waals surface area contributed by atoms with E-state index in [2.05, 4.69) is 10.3 Å². The summed E-state index contributed by atoms with van der Waals surface area (Å²) in [6.07, 6.45) is 1.34. The van der Waals surface area contributed by atoms with Gasteiger partial charge in [-0.15, -0.1) is 0 Å². The molecule has 17 heavy (non-hydrogen) atoms. The van der Waals surface area contributed by atoms with E-state index < -0.39 is 0 Å². The fraction of sp³-hybridized carbons (Fsp3) is 0.833. The van der Waals surface area contributed by atoms with Crippen LogP contribution in [0.3, 0.4) is 0 Å². The summed E-state index contributed by atoms with van der Waals surface area (Å²) in [5, 5.41) is 2.90. The number of carbonyl (C=O) groups excluding carboxylic acids is 1. The van der Waals surface area contributed by atoms with E-state index in [1.54, 1.807) is 0 Å². The third-order valence-electron chi connectivity index (χ3n) is 2.72. The normalized spacial score (nSPS) is 13.3. The molecule has 1 unspecified atom stereocenters. The Kier molecular flexibility index (Phi) is 8.19. The first-order valence-electron chi connectivity index (χ1n) is 6.39. The fourth-order valence-corrected chi connectivity index (χ4v) is 1.37. The topological polar surface area (TPSA) is 70.7 Å². The van der Waals surface area contributed by atoms with E-state index in [1.807, 2.05) is 32.6 Å². The van der Waals surface area contributed by atoms with Crippen LogP contribution in [0, 0.1) is 0 Å². The van der Waals surface area contributed by atoms with Gasteiger partial charge in [0.25, 0.3) is 0 Å². The van der Waals surface area contributed by atoms with E-state index in [9.17, 15) is 4.79 Å². The summed E-state index contributed by atoms with van der Waals surface area (Å²) >= 11 is 0. The lowest BCUT2D eigenvalue weighted by Gasteiger charge is -2.19. The van der Waals surface area contributed by atoms with E-state index in [0.717, 1.165) is 19.5 Å². The maximum atomic E-state index is 11.5. The lowest BCUT2D eigenvalue weighted by Crippen LogP contribution is -2.37. The molecule has 0 aliphatic rings. The molecule has 0 aromatic carbocycles. The molecule has 0 spiro atoms. The van der Waals surface area contributed by atoms with Crippen LogP contribution in [0.2, 0.25) is 0 Å². The molecule has 1 atom stereocenters. The van der Waals surface area contributed by atoms with Crippen LogP contribution in [0.15, 0.2) is 4.99 Å². The quantitative estimate of drug-likeness (QED) is 0.516. The Bertz CT molecular complexity index is 249. The van der Waals surface area contributed by atoms with Crippen molar-refractivity contribution >= 4 is 11.9 Å².